The molecule has 1 aliphatic heterocycles. The van der Waals surface area contributed by atoms with Gasteiger partial charge in [-0.1, -0.05) is 6.08 Å². The molecule has 0 saturated carbocycles. The first kappa shape index (κ1) is 11.7. The molecule has 0 aromatic heterocycles. The van der Waals surface area contributed by atoms with E-state index < -0.39 is 18.5 Å². The first-order chi connectivity index (χ1) is 6.42. The van der Waals surface area contributed by atoms with Crippen molar-refractivity contribution in [1.82, 2.24) is 0 Å². The predicted molar refractivity (Wildman–Crippen MR) is 51.7 cm³/mol. The van der Waals surface area contributed by atoms with Crippen LogP contribution in [0, 0.1) is 0 Å². The summed E-state index contributed by atoms with van der Waals surface area (Å²) in [6, 6.07) is 0. The Kier molecular flexibility index (Phi) is 3.66. The van der Waals surface area contributed by atoms with Crippen molar-refractivity contribution >= 4 is 0 Å². The number of aliphatic hydroxyl groups excluding tert-OH is 2. The standard InChI is InChI=1S/C10H18O4/c1-10(2,3)14-9-5-4-7(12)8(6-11)13-9/h4-5,7-9,11-12H,6H2,1-3H3/t7-,8+,9+/m0/s1. The maximum Gasteiger partial charge on any atom is 0.178 e. The lowest BCUT2D eigenvalue weighted by molar-refractivity contribution is -0.215. The molecule has 4 nitrogen and oxygen atoms in total. The van der Waals surface area contributed by atoms with Gasteiger partial charge >= 0.3 is 0 Å². The van der Waals surface area contributed by atoms with Crippen molar-refractivity contribution in [3.05, 3.63) is 12.2 Å². The zero-order valence-electron chi connectivity index (χ0n) is 8.80. The summed E-state index contributed by atoms with van der Waals surface area (Å²) in [4.78, 5) is 0. The highest BCUT2D eigenvalue weighted by atomic mass is 16.7. The van der Waals surface area contributed by atoms with Gasteiger partial charge in [0.05, 0.1) is 12.2 Å². The third kappa shape index (κ3) is 3.38. The lowest BCUT2D eigenvalue weighted by Crippen LogP contribution is -2.41. The molecule has 0 aromatic rings. The fourth-order valence-corrected chi connectivity index (χ4v) is 1.19. The van der Waals surface area contributed by atoms with Gasteiger partial charge in [0.15, 0.2) is 6.29 Å². The van der Waals surface area contributed by atoms with E-state index in [0.717, 1.165) is 0 Å². The summed E-state index contributed by atoms with van der Waals surface area (Å²) in [5.74, 6) is 0. The molecule has 14 heavy (non-hydrogen) atoms. The Hall–Kier alpha value is -0.420. The molecule has 0 aliphatic carbocycles. The van der Waals surface area contributed by atoms with Gasteiger partial charge in [-0.2, -0.15) is 0 Å². The van der Waals surface area contributed by atoms with E-state index in [1.807, 2.05) is 20.8 Å². The zero-order chi connectivity index (χ0) is 10.8. The SMILES string of the molecule is CC(C)(C)O[C@@H]1C=C[C@H](O)[C@@H](CO)O1. The van der Waals surface area contributed by atoms with E-state index >= 15 is 0 Å². The predicted octanol–water partition coefficient (Wildman–Crippen LogP) is 0.436. The molecule has 0 unspecified atom stereocenters. The molecule has 0 radical (unpaired) electrons. The average molecular weight is 202 g/mol. The highest BCUT2D eigenvalue weighted by Crippen LogP contribution is 2.19. The van der Waals surface area contributed by atoms with Crippen LogP contribution in [0.2, 0.25) is 0 Å². The Morgan fingerprint density at radius 2 is 2.00 bits per heavy atom. The summed E-state index contributed by atoms with van der Waals surface area (Å²) in [6.45, 7) is 5.55. The highest BCUT2D eigenvalue weighted by molar-refractivity contribution is 4.99. The van der Waals surface area contributed by atoms with Gasteiger partial charge in [-0.3, -0.25) is 0 Å². The van der Waals surface area contributed by atoms with E-state index in [9.17, 15) is 5.11 Å². The second kappa shape index (κ2) is 4.40. The second-order valence-electron chi connectivity index (χ2n) is 4.33. The quantitative estimate of drug-likeness (QED) is 0.638. The number of hydrogen-bond donors (Lipinski definition) is 2. The Labute approximate surface area is 84.1 Å². The Morgan fingerprint density at radius 1 is 1.36 bits per heavy atom. The highest BCUT2D eigenvalue weighted by Gasteiger charge is 2.27. The minimum absolute atomic E-state index is 0.213. The second-order valence-corrected chi connectivity index (χ2v) is 4.33. The molecule has 82 valence electrons. The zero-order valence-corrected chi connectivity index (χ0v) is 8.80. The minimum Gasteiger partial charge on any atom is -0.394 e. The molecule has 0 fully saturated rings. The fourth-order valence-electron chi connectivity index (χ4n) is 1.19. The van der Waals surface area contributed by atoms with Gasteiger partial charge in [-0.15, -0.1) is 0 Å². The lowest BCUT2D eigenvalue weighted by Gasteiger charge is -2.32. The molecular formula is C10H18O4. The van der Waals surface area contributed by atoms with Gasteiger partial charge in [0.25, 0.3) is 0 Å². The normalized spacial score (nSPS) is 33.4. The number of aliphatic hydroxyl groups is 2. The van der Waals surface area contributed by atoms with Crippen molar-refractivity contribution in [3.63, 3.8) is 0 Å². The molecular weight excluding hydrogens is 184 g/mol. The van der Waals surface area contributed by atoms with E-state index in [-0.39, 0.29) is 12.2 Å². The smallest absolute Gasteiger partial charge is 0.178 e. The summed E-state index contributed by atoms with van der Waals surface area (Å²) in [5, 5.41) is 18.3. The van der Waals surface area contributed by atoms with Crippen molar-refractivity contribution in [3.8, 4) is 0 Å². The van der Waals surface area contributed by atoms with Crippen molar-refractivity contribution in [1.29, 1.82) is 0 Å². The van der Waals surface area contributed by atoms with Crippen LogP contribution in [0.5, 0.6) is 0 Å². The van der Waals surface area contributed by atoms with Crippen molar-refractivity contribution in [2.24, 2.45) is 0 Å². The Bertz CT molecular complexity index is 207. The van der Waals surface area contributed by atoms with Gasteiger partial charge in [0.2, 0.25) is 0 Å². The van der Waals surface area contributed by atoms with Crippen LogP contribution in [0.25, 0.3) is 0 Å². The molecule has 4 heteroatoms. The molecule has 1 rings (SSSR count). The van der Waals surface area contributed by atoms with Crippen LogP contribution in [-0.4, -0.2) is 40.9 Å². The maximum atomic E-state index is 9.36. The lowest BCUT2D eigenvalue weighted by atomic mass is 10.1. The summed E-state index contributed by atoms with van der Waals surface area (Å²) in [7, 11) is 0. The molecule has 1 aliphatic rings. The van der Waals surface area contributed by atoms with E-state index in [4.69, 9.17) is 14.6 Å². The van der Waals surface area contributed by atoms with Crippen LogP contribution < -0.4 is 0 Å². The molecule has 0 bridgehead atoms. The summed E-state index contributed by atoms with van der Waals surface area (Å²) in [6.07, 6.45) is 1.41. The summed E-state index contributed by atoms with van der Waals surface area (Å²) < 4.78 is 10.8. The van der Waals surface area contributed by atoms with Crippen molar-refractivity contribution in [2.75, 3.05) is 6.61 Å². The average Bonchev–Trinajstić information content (AvgIpc) is 2.06. The van der Waals surface area contributed by atoms with Crippen LogP contribution in [0.4, 0.5) is 0 Å². The minimum atomic E-state index is -0.750. The Balaban J connectivity index is 2.54. The molecule has 3 atom stereocenters. The fraction of sp³-hybridized carbons (Fsp3) is 0.800. The van der Waals surface area contributed by atoms with E-state index in [1.54, 1.807) is 12.2 Å². The van der Waals surface area contributed by atoms with Gasteiger partial charge < -0.3 is 19.7 Å². The molecule has 2 N–H and O–H groups in total. The van der Waals surface area contributed by atoms with E-state index in [2.05, 4.69) is 0 Å². The monoisotopic (exact) mass is 202 g/mol. The molecule has 0 spiro atoms. The van der Waals surface area contributed by atoms with E-state index in [0.29, 0.717) is 0 Å². The topological polar surface area (TPSA) is 58.9 Å². The largest absolute Gasteiger partial charge is 0.394 e. The maximum absolute atomic E-state index is 9.36. The van der Waals surface area contributed by atoms with Gasteiger partial charge in [0.1, 0.15) is 12.2 Å². The van der Waals surface area contributed by atoms with Crippen molar-refractivity contribution in [2.45, 2.75) is 44.9 Å². The first-order valence-electron chi connectivity index (χ1n) is 4.73. The number of ether oxygens (including phenoxy) is 2. The van der Waals surface area contributed by atoms with Gasteiger partial charge in [0, 0.05) is 0 Å². The van der Waals surface area contributed by atoms with Crippen LogP contribution in [0.1, 0.15) is 20.8 Å². The summed E-state index contributed by atoms with van der Waals surface area (Å²) in [5.41, 5.74) is -0.308. The van der Waals surface area contributed by atoms with Gasteiger partial charge in [-0.05, 0) is 26.8 Å². The van der Waals surface area contributed by atoms with Crippen LogP contribution in [-0.2, 0) is 9.47 Å². The van der Waals surface area contributed by atoms with Crippen LogP contribution in [0.3, 0.4) is 0 Å². The number of rotatable bonds is 2. The molecule has 0 saturated heterocycles. The molecule has 0 amide bonds. The molecule has 0 aromatic carbocycles. The third-order valence-electron chi connectivity index (χ3n) is 1.80. The van der Waals surface area contributed by atoms with Crippen molar-refractivity contribution < 1.29 is 19.7 Å². The first-order valence-corrected chi connectivity index (χ1v) is 4.73. The number of hydrogen-bond acceptors (Lipinski definition) is 4. The van der Waals surface area contributed by atoms with Crippen LogP contribution in [0.15, 0.2) is 12.2 Å². The van der Waals surface area contributed by atoms with Crippen LogP contribution >= 0.6 is 0 Å². The van der Waals surface area contributed by atoms with E-state index in [1.165, 1.54) is 0 Å². The molecule has 1 heterocycles. The Morgan fingerprint density at radius 3 is 2.50 bits per heavy atom. The third-order valence-corrected chi connectivity index (χ3v) is 1.80. The van der Waals surface area contributed by atoms with Gasteiger partial charge in [-0.25, -0.2) is 0 Å². The summed E-state index contributed by atoms with van der Waals surface area (Å²) >= 11 is 0.